The molecule has 0 aromatic heterocycles. The van der Waals surface area contributed by atoms with Gasteiger partial charge in [0.25, 0.3) is 0 Å². The van der Waals surface area contributed by atoms with Gasteiger partial charge in [-0.25, -0.2) is 0 Å². The Bertz CT molecular complexity index is 471. The summed E-state index contributed by atoms with van der Waals surface area (Å²) in [7, 11) is 0. The van der Waals surface area contributed by atoms with Gasteiger partial charge in [0, 0.05) is 13.1 Å². The molecular formula is C15H22N2O2. The van der Waals surface area contributed by atoms with Gasteiger partial charge >= 0.3 is 0 Å². The molecule has 1 atom stereocenters. The van der Waals surface area contributed by atoms with E-state index in [0.29, 0.717) is 19.0 Å². The number of hydrogen-bond acceptors (Lipinski definition) is 3. The SMILES string of the molecule is Cc1cccc(C(C)C)c1N1CCNC(CO)C1=O. The van der Waals surface area contributed by atoms with Crippen LogP contribution in [-0.4, -0.2) is 36.8 Å². The standard InChI is InChI=1S/C15H22N2O2/c1-10(2)12-6-4-5-11(3)14(12)17-8-7-16-13(9-18)15(17)19/h4-6,10,13,16,18H,7-9H2,1-3H3. The summed E-state index contributed by atoms with van der Waals surface area (Å²) in [4.78, 5) is 14.2. The van der Waals surface area contributed by atoms with Crippen molar-refractivity contribution in [1.82, 2.24) is 5.32 Å². The monoisotopic (exact) mass is 262 g/mol. The maximum Gasteiger partial charge on any atom is 0.246 e. The normalized spacial score (nSPS) is 20.2. The molecule has 0 radical (unpaired) electrons. The number of nitrogens with zero attached hydrogens (tertiary/aromatic N) is 1. The predicted molar refractivity (Wildman–Crippen MR) is 76.5 cm³/mol. The lowest BCUT2D eigenvalue weighted by atomic mass is 9.96. The fraction of sp³-hybridized carbons (Fsp3) is 0.533. The van der Waals surface area contributed by atoms with Gasteiger partial charge in [-0.2, -0.15) is 0 Å². The number of nitrogens with one attached hydrogen (secondary N) is 1. The van der Waals surface area contributed by atoms with Gasteiger partial charge < -0.3 is 15.3 Å². The second-order valence-corrected chi connectivity index (χ2v) is 5.35. The molecule has 1 unspecified atom stereocenters. The summed E-state index contributed by atoms with van der Waals surface area (Å²) in [6.45, 7) is 7.51. The van der Waals surface area contributed by atoms with Crippen molar-refractivity contribution in [3.63, 3.8) is 0 Å². The molecule has 19 heavy (non-hydrogen) atoms. The van der Waals surface area contributed by atoms with Crippen molar-refractivity contribution in [2.45, 2.75) is 32.7 Å². The number of aryl methyl sites for hydroxylation is 1. The third-order valence-electron chi connectivity index (χ3n) is 3.63. The summed E-state index contributed by atoms with van der Waals surface area (Å²) in [6, 6.07) is 5.67. The van der Waals surface area contributed by atoms with Crippen LogP contribution in [0.2, 0.25) is 0 Å². The molecule has 1 aromatic rings. The van der Waals surface area contributed by atoms with Crippen LogP contribution in [0, 0.1) is 6.92 Å². The van der Waals surface area contributed by atoms with Gasteiger partial charge in [0.1, 0.15) is 6.04 Å². The zero-order valence-electron chi connectivity index (χ0n) is 11.8. The number of rotatable bonds is 3. The fourth-order valence-electron chi connectivity index (χ4n) is 2.62. The number of piperazine rings is 1. The van der Waals surface area contributed by atoms with Crippen LogP contribution in [0.25, 0.3) is 0 Å². The molecular weight excluding hydrogens is 240 g/mol. The van der Waals surface area contributed by atoms with E-state index in [1.54, 1.807) is 0 Å². The van der Waals surface area contributed by atoms with Crippen LogP contribution in [0.5, 0.6) is 0 Å². The molecule has 1 aliphatic heterocycles. The Morgan fingerprint density at radius 1 is 1.47 bits per heavy atom. The number of amides is 1. The predicted octanol–water partition coefficient (Wildman–Crippen LogP) is 1.42. The molecule has 1 heterocycles. The van der Waals surface area contributed by atoms with E-state index in [9.17, 15) is 9.90 Å². The van der Waals surface area contributed by atoms with Gasteiger partial charge in [0.15, 0.2) is 0 Å². The van der Waals surface area contributed by atoms with Gasteiger partial charge in [-0.15, -0.1) is 0 Å². The highest BCUT2D eigenvalue weighted by atomic mass is 16.3. The number of carbonyl (C=O) groups is 1. The number of carbonyl (C=O) groups excluding carboxylic acids is 1. The second kappa shape index (κ2) is 5.72. The van der Waals surface area contributed by atoms with Crippen molar-refractivity contribution in [3.8, 4) is 0 Å². The minimum absolute atomic E-state index is 0.0371. The Morgan fingerprint density at radius 3 is 2.84 bits per heavy atom. The highest BCUT2D eigenvalue weighted by Gasteiger charge is 2.30. The molecule has 2 N–H and O–H groups in total. The molecule has 2 rings (SSSR count). The Labute approximate surface area is 114 Å². The summed E-state index contributed by atoms with van der Waals surface area (Å²) in [6.07, 6.45) is 0. The smallest absolute Gasteiger partial charge is 0.246 e. The lowest BCUT2D eigenvalue weighted by Crippen LogP contribution is -2.57. The first-order valence-electron chi connectivity index (χ1n) is 6.81. The van der Waals surface area contributed by atoms with E-state index < -0.39 is 6.04 Å². The Balaban J connectivity index is 2.43. The first-order valence-corrected chi connectivity index (χ1v) is 6.81. The average Bonchev–Trinajstić information content (AvgIpc) is 2.39. The van der Waals surface area contributed by atoms with E-state index in [1.165, 1.54) is 5.56 Å². The average molecular weight is 262 g/mol. The maximum atomic E-state index is 12.4. The molecule has 0 saturated carbocycles. The van der Waals surface area contributed by atoms with Crippen LogP contribution < -0.4 is 10.2 Å². The summed E-state index contributed by atoms with van der Waals surface area (Å²) < 4.78 is 0. The van der Waals surface area contributed by atoms with E-state index in [2.05, 4.69) is 25.2 Å². The van der Waals surface area contributed by atoms with E-state index >= 15 is 0 Å². The minimum atomic E-state index is -0.478. The molecule has 0 spiro atoms. The summed E-state index contributed by atoms with van der Waals surface area (Å²) >= 11 is 0. The highest BCUT2D eigenvalue weighted by Crippen LogP contribution is 2.31. The number of para-hydroxylation sites is 1. The number of anilines is 1. The quantitative estimate of drug-likeness (QED) is 0.866. The number of benzene rings is 1. The summed E-state index contributed by atoms with van der Waals surface area (Å²) in [5, 5.41) is 12.3. The topological polar surface area (TPSA) is 52.6 Å². The van der Waals surface area contributed by atoms with Crippen LogP contribution in [-0.2, 0) is 4.79 Å². The maximum absolute atomic E-state index is 12.4. The Kier molecular flexibility index (Phi) is 4.22. The third kappa shape index (κ3) is 2.65. The molecule has 1 fully saturated rings. The molecule has 0 aliphatic carbocycles. The first-order chi connectivity index (χ1) is 9.06. The van der Waals surface area contributed by atoms with Crippen molar-refractivity contribution < 1.29 is 9.90 Å². The van der Waals surface area contributed by atoms with Crippen molar-refractivity contribution >= 4 is 11.6 Å². The van der Waals surface area contributed by atoms with Gasteiger partial charge in [0.05, 0.1) is 12.3 Å². The Hall–Kier alpha value is -1.39. The van der Waals surface area contributed by atoms with Crippen LogP contribution in [0.15, 0.2) is 18.2 Å². The molecule has 104 valence electrons. The number of aliphatic hydroxyl groups is 1. The van der Waals surface area contributed by atoms with Crippen molar-refractivity contribution in [3.05, 3.63) is 29.3 Å². The van der Waals surface area contributed by atoms with E-state index in [-0.39, 0.29) is 12.5 Å². The third-order valence-corrected chi connectivity index (χ3v) is 3.63. The zero-order chi connectivity index (χ0) is 14.0. The molecule has 1 aliphatic rings. The second-order valence-electron chi connectivity index (χ2n) is 5.35. The molecule has 4 nitrogen and oxygen atoms in total. The van der Waals surface area contributed by atoms with Crippen molar-refractivity contribution in [2.24, 2.45) is 0 Å². The van der Waals surface area contributed by atoms with Crippen molar-refractivity contribution in [2.75, 3.05) is 24.6 Å². The molecule has 4 heteroatoms. The summed E-state index contributed by atoms with van der Waals surface area (Å²) in [5.74, 6) is 0.329. The fourth-order valence-corrected chi connectivity index (χ4v) is 2.62. The largest absolute Gasteiger partial charge is 0.394 e. The van der Waals surface area contributed by atoms with E-state index in [0.717, 1.165) is 11.3 Å². The first kappa shape index (κ1) is 14.0. The molecule has 0 bridgehead atoms. The van der Waals surface area contributed by atoms with Crippen LogP contribution in [0.3, 0.4) is 0 Å². The zero-order valence-corrected chi connectivity index (χ0v) is 11.8. The lowest BCUT2D eigenvalue weighted by Gasteiger charge is -2.35. The van der Waals surface area contributed by atoms with Crippen LogP contribution in [0.1, 0.15) is 30.9 Å². The number of aliphatic hydroxyl groups excluding tert-OH is 1. The van der Waals surface area contributed by atoms with Gasteiger partial charge in [-0.05, 0) is 24.0 Å². The highest BCUT2D eigenvalue weighted by molar-refractivity contribution is 5.99. The minimum Gasteiger partial charge on any atom is -0.394 e. The molecule has 1 aromatic carbocycles. The van der Waals surface area contributed by atoms with Gasteiger partial charge in [-0.3, -0.25) is 4.79 Å². The van der Waals surface area contributed by atoms with E-state index in [4.69, 9.17) is 0 Å². The van der Waals surface area contributed by atoms with Gasteiger partial charge in [0.2, 0.25) is 5.91 Å². The molecule has 1 amide bonds. The molecule has 1 saturated heterocycles. The van der Waals surface area contributed by atoms with Crippen LogP contribution in [0.4, 0.5) is 5.69 Å². The number of hydrogen-bond donors (Lipinski definition) is 2. The lowest BCUT2D eigenvalue weighted by molar-refractivity contribution is -0.122. The van der Waals surface area contributed by atoms with Crippen molar-refractivity contribution in [1.29, 1.82) is 0 Å². The van der Waals surface area contributed by atoms with E-state index in [1.807, 2.05) is 24.0 Å². The van der Waals surface area contributed by atoms with Gasteiger partial charge in [-0.1, -0.05) is 32.0 Å². The Morgan fingerprint density at radius 2 is 2.21 bits per heavy atom. The summed E-state index contributed by atoms with van der Waals surface area (Å²) in [5.41, 5.74) is 3.31. The van der Waals surface area contributed by atoms with Crippen LogP contribution >= 0.6 is 0 Å².